The highest BCUT2D eigenvalue weighted by molar-refractivity contribution is 7.89. The standard InChI is InChI=1S/C10H12FN3O4S/c11-9-7-8(14(15)16)3-4-10(9)19(17,18)13-6-2-1-5-12/h1-4,7,13H,5-6,12H2/b2-1+. The molecule has 3 N–H and O–H groups in total. The molecule has 0 heterocycles. The fourth-order valence-electron chi connectivity index (χ4n) is 1.24. The first kappa shape index (κ1) is 15.2. The minimum Gasteiger partial charge on any atom is -0.327 e. The summed E-state index contributed by atoms with van der Waals surface area (Å²) in [4.78, 5) is 8.96. The van der Waals surface area contributed by atoms with Crippen molar-refractivity contribution in [2.75, 3.05) is 13.1 Å². The summed E-state index contributed by atoms with van der Waals surface area (Å²) in [6.07, 6.45) is 3.01. The number of nitro benzene ring substituents is 1. The average Bonchev–Trinajstić information content (AvgIpc) is 2.34. The summed E-state index contributed by atoms with van der Waals surface area (Å²) >= 11 is 0. The lowest BCUT2D eigenvalue weighted by Gasteiger charge is -2.05. The van der Waals surface area contributed by atoms with Crippen molar-refractivity contribution in [1.29, 1.82) is 0 Å². The van der Waals surface area contributed by atoms with E-state index in [-0.39, 0.29) is 13.1 Å². The molecule has 0 aromatic heterocycles. The third kappa shape index (κ3) is 4.09. The summed E-state index contributed by atoms with van der Waals surface area (Å²) in [5.74, 6) is -1.18. The van der Waals surface area contributed by atoms with Crippen molar-refractivity contribution in [3.8, 4) is 0 Å². The van der Waals surface area contributed by atoms with Crippen LogP contribution in [0, 0.1) is 15.9 Å². The van der Waals surface area contributed by atoms with Crippen LogP contribution in [0.3, 0.4) is 0 Å². The molecule has 19 heavy (non-hydrogen) atoms. The Hall–Kier alpha value is -1.84. The molecule has 0 atom stereocenters. The zero-order valence-corrected chi connectivity index (χ0v) is 10.6. The fourth-order valence-corrected chi connectivity index (χ4v) is 2.27. The molecule has 0 bridgehead atoms. The van der Waals surface area contributed by atoms with Crippen molar-refractivity contribution < 1.29 is 17.7 Å². The molecular formula is C10H12FN3O4S. The second kappa shape index (κ2) is 6.36. The number of sulfonamides is 1. The highest BCUT2D eigenvalue weighted by Gasteiger charge is 2.20. The molecule has 0 radical (unpaired) electrons. The number of non-ortho nitro benzene ring substituents is 1. The highest BCUT2D eigenvalue weighted by Crippen LogP contribution is 2.20. The maximum atomic E-state index is 13.5. The van der Waals surface area contributed by atoms with Crippen molar-refractivity contribution in [2.45, 2.75) is 4.90 Å². The molecule has 0 amide bonds. The third-order valence-corrected chi connectivity index (χ3v) is 3.57. The van der Waals surface area contributed by atoms with Gasteiger partial charge < -0.3 is 5.73 Å². The Bertz CT molecular complexity index is 601. The van der Waals surface area contributed by atoms with Crippen molar-refractivity contribution in [3.05, 3.63) is 46.3 Å². The van der Waals surface area contributed by atoms with Gasteiger partial charge >= 0.3 is 0 Å². The summed E-state index contributed by atoms with van der Waals surface area (Å²) in [6, 6.07) is 2.33. The van der Waals surface area contributed by atoms with Crippen molar-refractivity contribution in [3.63, 3.8) is 0 Å². The van der Waals surface area contributed by atoms with Gasteiger partial charge in [-0.2, -0.15) is 0 Å². The lowest BCUT2D eigenvalue weighted by Crippen LogP contribution is -2.24. The molecule has 0 spiro atoms. The van der Waals surface area contributed by atoms with Gasteiger partial charge in [0.25, 0.3) is 5.69 Å². The van der Waals surface area contributed by atoms with Gasteiger partial charge in [0, 0.05) is 19.2 Å². The number of hydrogen-bond acceptors (Lipinski definition) is 5. The molecule has 1 aromatic rings. The van der Waals surface area contributed by atoms with Crippen LogP contribution in [0.25, 0.3) is 0 Å². The molecule has 1 aromatic carbocycles. The molecule has 1 rings (SSSR count). The van der Waals surface area contributed by atoms with Crippen LogP contribution in [0.2, 0.25) is 0 Å². The molecule has 9 heteroatoms. The van der Waals surface area contributed by atoms with Gasteiger partial charge in [-0.05, 0) is 6.07 Å². The Balaban J connectivity index is 2.96. The number of nitrogens with one attached hydrogen (secondary N) is 1. The summed E-state index contributed by atoms with van der Waals surface area (Å²) in [5, 5.41) is 10.4. The lowest BCUT2D eigenvalue weighted by atomic mass is 10.3. The highest BCUT2D eigenvalue weighted by atomic mass is 32.2. The zero-order chi connectivity index (χ0) is 14.5. The first-order valence-electron chi connectivity index (χ1n) is 5.17. The van der Waals surface area contributed by atoms with Crippen molar-refractivity contribution in [1.82, 2.24) is 4.72 Å². The van der Waals surface area contributed by atoms with Gasteiger partial charge in [-0.15, -0.1) is 0 Å². The Morgan fingerprint density at radius 3 is 2.63 bits per heavy atom. The number of nitrogens with zero attached hydrogens (tertiary/aromatic N) is 1. The van der Waals surface area contributed by atoms with Crippen LogP contribution in [0.5, 0.6) is 0 Å². The van der Waals surface area contributed by atoms with Gasteiger partial charge in [-0.1, -0.05) is 12.2 Å². The van der Waals surface area contributed by atoms with Crippen molar-refractivity contribution >= 4 is 15.7 Å². The monoisotopic (exact) mass is 289 g/mol. The number of nitro groups is 1. The molecule has 0 aliphatic carbocycles. The molecule has 0 fully saturated rings. The Labute approximate surface area is 109 Å². The largest absolute Gasteiger partial charge is 0.327 e. The van der Waals surface area contributed by atoms with Crippen LogP contribution in [0.1, 0.15) is 0 Å². The molecule has 0 saturated heterocycles. The molecule has 104 valence electrons. The van der Waals surface area contributed by atoms with Crippen LogP contribution >= 0.6 is 0 Å². The van der Waals surface area contributed by atoms with E-state index in [1.165, 1.54) is 12.2 Å². The third-order valence-electron chi connectivity index (χ3n) is 2.11. The van der Waals surface area contributed by atoms with Crippen LogP contribution in [0.4, 0.5) is 10.1 Å². The van der Waals surface area contributed by atoms with Crippen molar-refractivity contribution in [2.24, 2.45) is 5.73 Å². The summed E-state index contributed by atoms with van der Waals surface area (Å²) in [5.41, 5.74) is 4.66. The van der Waals surface area contributed by atoms with Crippen LogP contribution in [-0.4, -0.2) is 26.4 Å². The summed E-state index contributed by atoms with van der Waals surface area (Å²) in [7, 11) is -4.05. The SMILES string of the molecule is NC/C=C/CNS(=O)(=O)c1ccc([N+](=O)[O-])cc1F. The number of halogens is 1. The first-order valence-corrected chi connectivity index (χ1v) is 6.65. The Morgan fingerprint density at radius 2 is 2.11 bits per heavy atom. The average molecular weight is 289 g/mol. The quantitative estimate of drug-likeness (QED) is 0.450. The Morgan fingerprint density at radius 1 is 1.42 bits per heavy atom. The van der Waals surface area contributed by atoms with E-state index < -0.39 is 31.3 Å². The van der Waals surface area contributed by atoms with E-state index in [2.05, 4.69) is 4.72 Å². The molecule has 0 saturated carbocycles. The summed E-state index contributed by atoms with van der Waals surface area (Å²) < 4.78 is 39.1. The lowest BCUT2D eigenvalue weighted by molar-refractivity contribution is -0.385. The van der Waals surface area contributed by atoms with E-state index in [9.17, 15) is 22.9 Å². The molecule has 7 nitrogen and oxygen atoms in total. The van der Waals surface area contributed by atoms with Gasteiger partial charge in [0.15, 0.2) is 0 Å². The fraction of sp³-hybridized carbons (Fsp3) is 0.200. The maximum Gasteiger partial charge on any atom is 0.272 e. The topological polar surface area (TPSA) is 115 Å². The van der Waals surface area contributed by atoms with Crippen LogP contribution in [0.15, 0.2) is 35.2 Å². The first-order chi connectivity index (χ1) is 8.88. The van der Waals surface area contributed by atoms with E-state index in [0.29, 0.717) is 6.07 Å². The van der Waals surface area contributed by atoms with E-state index in [4.69, 9.17) is 5.73 Å². The van der Waals surface area contributed by atoms with Crippen LogP contribution < -0.4 is 10.5 Å². The number of nitrogens with two attached hydrogens (primary N) is 1. The van der Waals surface area contributed by atoms with E-state index in [1.807, 2.05) is 0 Å². The minimum absolute atomic E-state index is 0.0457. The van der Waals surface area contributed by atoms with Gasteiger partial charge in [0.05, 0.1) is 11.0 Å². The van der Waals surface area contributed by atoms with Gasteiger partial charge in [-0.3, -0.25) is 10.1 Å². The van der Waals surface area contributed by atoms with E-state index in [0.717, 1.165) is 12.1 Å². The predicted molar refractivity (Wildman–Crippen MR) is 66.4 cm³/mol. The zero-order valence-electron chi connectivity index (χ0n) is 9.74. The van der Waals surface area contributed by atoms with Gasteiger partial charge in [-0.25, -0.2) is 17.5 Å². The number of hydrogen-bond donors (Lipinski definition) is 2. The molecule has 0 unspecified atom stereocenters. The number of rotatable bonds is 6. The molecular weight excluding hydrogens is 277 g/mol. The molecule has 0 aliphatic heterocycles. The predicted octanol–water partition coefficient (Wildman–Crippen LogP) is 0.527. The summed E-state index contributed by atoms with van der Waals surface area (Å²) in [6.45, 7) is 0.212. The van der Waals surface area contributed by atoms with Crippen LogP contribution in [-0.2, 0) is 10.0 Å². The smallest absolute Gasteiger partial charge is 0.272 e. The number of benzene rings is 1. The van der Waals surface area contributed by atoms with Gasteiger partial charge in [0.2, 0.25) is 10.0 Å². The molecule has 0 aliphatic rings. The van der Waals surface area contributed by atoms with Gasteiger partial charge in [0.1, 0.15) is 10.7 Å². The maximum absolute atomic E-state index is 13.5. The second-order valence-corrected chi connectivity index (χ2v) is 5.17. The van der Waals surface area contributed by atoms with E-state index >= 15 is 0 Å². The van der Waals surface area contributed by atoms with E-state index in [1.54, 1.807) is 0 Å². The minimum atomic E-state index is -4.05. The Kier molecular flexibility index (Phi) is 5.10. The normalized spacial score (nSPS) is 11.9. The second-order valence-electron chi connectivity index (χ2n) is 3.43.